The second-order valence-electron chi connectivity index (χ2n) is 4.72. The van der Waals surface area contributed by atoms with Crippen molar-refractivity contribution in [1.29, 1.82) is 0 Å². The highest BCUT2D eigenvalue weighted by molar-refractivity contribution is 7.80. The Labute approximate surface area is 109 Å². The minimum absolute atomic E-state index is 0.318. The van der Waals surface area contributed by atoms with Gasteiger partial charge in [-0.1, -0.05) is 12.2 Å². The molecule has 0 radical (unpaired) electrons. The first-order valence-electron chi connectivity index (χ1n) is 5.77. The molecule has 2 aliphatic heterocycles. The van der Waals surface area contributed by atoms with Crippen molar-refractivity contribution in [2.75, 3.05) is 14.1 Å². The molecule has 18 heavy (non-hydrogen) atoms. The van der Waals surface area contributed by atoms with E-state index >= 15 is 0 Å². The molecule has 3 aliphatic rings. The summed E-state index contributed by atoms with van der Waals surface area (Å²) in [7, 11) is 3.05. The van der Waals surface area contributed by atoms with E-state index in [-0.39, 0.29) is 11.9 Å². The summed E-state index contributed by atoms with van der Waals surface area (Å²) in [6.45, 7) is 0. The molecule has 1 aliphatic carbocycles. The average molecular weight is 264 g/mol. The standard InChI is InChI=1S/C11H12N4O2S/c1-14-8-6(10(16)15(2)11(14)17)9(18)13-7(12-8)5-3-4-5/h5-6H,3-4H2,1-2H3. The van der Waals surface area contributed by atoms with Crippen LogP contribution >= 0.6 is 12.2 Å². The Morgan fingerprint density at radius 3 is 2.44 bits per heavy atom. The lowest BCUT2D eigenvalue weighted by Gasteiger charge is -2.36. The van der Waals surface area contributed by atoms with Crippen molar-refractivity contribution in [1.82, 2.24) is 9.80 Å². The zero-order valence-electron chi connectivity index (χ0n) is 10.1. The fourth-order valence-corrected chi connectivity index (χ4v) is 2.41. The molecule has 0 aromatic rings. The van der Waals surface area contributed by atoms with Crippen molar-refractivity contribution in [3.8, 4) is 0 Å². The number of fused-ring (bicyclic) bond motifs is 1. The van der Waals surface area contributed by atoms with E-state index in [1.54, 1.807) is 7.05 Å². The third kappa shape index (κ3) is 1.50. The summed E-state index contributed by atoms with van der Waals surface area (Å²) in [5.41, 5.74) is 0. The number of urea groups is 1. The Morgan fingerprint density at radius 1 is 1.17 bits per heavy atom. The van der Waals surface area contributed by atoms with Gasteiger partial charge >= 0.3 is 6.03 Å². The van der Waals surface area contributed by atoms with Gasteiger partial charge in [-0.3, -0.25) is 14.6 Å². The van der Waals surface area contributed by atoms with E-state index in [0.717, 1.165) is 17.7 Å². The Hall–Kier alpha value is -1.63. The number of amidine groups is 2. The molecule has 1 saturated heterocycles. The van der Waals surface area contributed by atoms with Crippen LogP contribution < -0.4 is 0 Å². The maximum Gasteiger partial charge on any atom is 0.331 e. The van der Waals surface area contributed by atoms with Crippen molar-refractivity contribution in [2.45, 2.75) is 12.8 Å². The predicted octanol–water partition coefficient (Wildman–Crippen LogP) is 0.674. The van der Waals surface area contributed by atoms with Gasteiger partial charge in [0.2, 0.25) is 5.91 Å². The molecule has 1 atom stereocenters. The molecule has 0 aromatic carbocycles. The van der Waals surface area contributed by atoms with Gasteiger partial charge in [0, 0.05) is 20.0 Å². The number of hydrogen-bond acceptors (Lipinski definition) is 4. The maximum atomic E-state index is 12.1. The Balaban J connectivity index is 2.04. The lowest BCUT2D eigenvalue weighted by atomic mass is 10.0. The molecule has 0 N–H and O–H groups in total. The molecular weight excluding hydrogens is 252 g/mol. The van der Waals surface area contributed by atoms with Crippen LogP contribution in [0.5, 0.6) is 0 Å². The zero-order chi connectivity index (χ0) is 13.0. The summed E-state index contributed by atoms with van der Waals surface area (Å²) in [6.07, 6.45) is 2.10. The van der Waals surface area contributed by atoms with Gasteiger partial charge in [-0.05, 0) is 12.8 Å². The summed E-state index contributed by atoms with van der Waals surface area (Å²) < 4.78 is 0. The summed E-state index contributed by atoms with van der Waals surface area (Å²) >= 11 is 5.20. The largest absolute Gasteiger partial charge is 0.331 e. The average Bonchev–Trinajstić information content (AvgIpc) is 3.17. The van der Waals surface area contributed by atoms with Crippen LogP contribution in [0, 0.1) is 11.8 Å². The van der Waals surface area contributed by atoms with Crippen molar-refractivity contribution in [2.24, 2.45) is 21.8 Å². The van der Waals surface area contributed by atoms with E-state index in [4.69, 9.17) is 12.2 Å². The number of carbonyl (C=O) groups excluding carboxylic acids is 2. The van der Waals surface area contributed by atoms with E-state index < -0.39 is 5.92 Å². The zero-order valence-corrected chi connectivity index (χ0v) is 10.9. The van der Waals surface area contributed by atoms with Crippen molar-refractivity contribution >= 4 is 40.8 Å². The van der Waals surface area contributed by atoms with Gasteiger partial charge in [-0.2, -0.15) is 0 Å². The van der Waals surface area contributed by atoms with Crippen LogP contribution in [0.1, 0.15) is 12.8 Å². The van der Waals surface area contributed by atoms with Crippen molar-refractivity contribution in [3.63, 3.8) is 0 Å². The van der Waals surface area contributed by atoms with Crippen LogP contribution in [0.25, 0.3) is 0 Å². The first kappa shape index (κ1) is 11.5. The molecule has 2 heterocycles. The summed E-state index contributed by atoms with van der Waals surface area (Å²) in [5.74, 6) is 0.401. The molecule has 2 fully saturated rings. The minimum atomic E-state index is -0.685. The predicted molar refractivity (Wildman–Crippen MR) is 69.6 cm³/mol. The number of carbonyl (C=O) groups is 2. The van der Waals surface area contributed by atoms with Gasteiger partial charge in [0.1, 0.15) is 22.6 Å². The van der Waals surface area contributed by atoms with Gasteiger partial charge in [0.25, 0.3) is 0 Å². The SMILES string of the molecule is CN1C(=O)C2C(=S)N=C(C3CC3)N=C2N(C)C1=O. The van der Waals surface area contributed by atoms with Crippen LogP contribution in [0.2, 0.25) is 0 Å². The van der Waals surface area contributed by atoms with Gasteiger partial charge < -0.3 is 0 Å². The number of amides is 3. The van der Waals surface area contributed by atoms with Gasteiger partial charge in [-0.25, -0.2) is 14.8 Å². The highest BCUT2D eigenvalue weighted by Crippen LogP contribution is 2.34. The molecule has 7 heteroatoms. The molecule has 1 saturated carbocycles. The lowest BCUT2D eigenvalue weighted by molar-refractivity contribution is -0.128. The first-order chi connectivity index (χ1) is 8.50. The smallest absolute Gasteiger partial charge is 0.284 e. The van der Waals surface area contributed by atoms with E-state index in [0.29, 0.717) is 22.6 Å². The van der Waals surface area contributed by atoms with E-state index in [9.17, 15) is 9.59 Å². The van der Waals surface area contributed by atoms with Crippen LogP contribution in [-0.2, 0) is 4.79 Å². The lowest BCUT2D eigenvalue weighted by Crippen LogP contribution is -2.59. The Morgan fingerprint density at radius 2 is 1.83 bits per heavy atom. The summed E-state index contributed by atoms with van der Waals surface area (Å²) in [4.78, 5) is 35.3. The first-order valence-corrected chi connectivity index (χ1v) is 6.18. The monoisotopic (exact) mass is 264 g/mol. The molecule has 0 bridgehead atoms. The number of aliphatic imine (C=N–C) groups is 2. The van der Waals surface area contributed by atoms with Crippen LogP contribution in [0.4, 0.5) is 4.79 Å². The summed E-state index contributed by atoms with van der Waals surface area (Å²) in [6, 6.07) is -0.380. The number of thiocarbonyl (C=S) groups is 1. The normalized spacial score (nSPS) is 28.1. The van der Waals surface area contributed by atoms with Gasteiger partial charge in [0.15, 0.2) is 0 Å². The molecule has 3 amide bonds. The third-order valence-electron chi connectivity index (χ3n) is 3.40. The van der Waals surface area contributed by atoms with E-state index in [1.807, 2.05) is 0 Å². The number of hydrogen-bond donors (Lipinski definition) is 0. The number of rotatable bonds is 1. The second-order valence-corrected chi connectivity index (χ2v) is 5.14. The van der Waals surface area contributed by atoms with Gasteiger partial charge in [-0.15, -0.1) is 0 Å². The fourth-order valence-electron chi connectivity index (χ4n) is 2.11. The molecule has 1 unspecified atom stereocenters. The Kier molecular flexibility index (Phi) is 2.34. The van der Waals surface area contributed by atoms with Crippen LogP contribution in [-0.4, -0.2) is 52.5 Å². The van der Waals surface area contributed by atoms with Crippen molar-refractivity contribution < 1.29 is 9.59 Å². The molecule has 3 rings (SSSR count). The van der Waals surface area contributed by atoms with Crippen LogP contribution in [0.15, 0.2) is 9.98 Å². The molecule has 6 nitrogen and oxygen atoms in total. The molecule has 0 spiro atoms. The van der Waals surface area contributed by atoms with Gasteiger partial charge in [0.05, 0.1) is 0 Å². The van der Waals surface area contributed by atoms with E-state index in [2.05, 4.69) is 9.98 Å². The molecule has 0 aromatic heterocycles. The second kappa shape index (κ2) is 3.68. The Bertz CT molecular complexity index is 535. The third-order valence-corrected chi connectivity index (χ3v) is 3.72. The maximum absolute atomic E-state index is 12.1. The number of imide groups is 1. The minimum Gasteiger partial charge on any atom is -0.284 e. The summed E-state index contributed by atoms with van der Waals surface area (Å²) in [5, 5.41) is 0. The van der Waals surface area contributed by atoms with Crippen LogP contribution in [0.3, 0.4) is 0 Å². The highest BCUT2D eigenvalue weighted by Gasteiger charge is 2.46. The molecule has 94 valence electrons. The topological polar surface area (TPSA) is 65.3 Å². The number of nitrogens with zero attached hydrogens (tertiary/aromatic N) is 4. The van der Waals surface area contributed by atoms with Crippen molar-refractivity contribution in [3.05, 3.63) is 0 Å². The quantitative estimate of drug-likeness (QED) is 0.654. The highest BCUT2D eigenvalue weighted by atomic mass is 32.1. The fraction of sp³-hybridized carbons (Fsp3) is 0.545. The molecular formula is C11H12N4O2S. The van der Waals surface area contributed by atoms with E-state index in [1.165, 1.54) is 11.9 Å².